The van der Waals surface area contributed by atoms with Crippen LogP contribution in [0.3, 0.4) is 0 Å². The standard InChI is InChI=1S/C14H20N2O3S.ClH/c1-2-20(18,19)13-8-4-3-7-12(13)14(17)16-10-11-6-5-9-15-11;/h3-4,7-8,11,15H,2,5-6,9-10H2,1H3,(H,16,17);1H. The topological polar surface area (TPSA) is 75.3 Å². The zero-order valence-electron chi connectivity index (χ0n) is 12.0. The third-order valence-corrected chi connectivity index (χ3v) is 5.30. The first-order chi connectivity index (χ1) is 9.54. The van der Waals surface area contributed by atoms with Crippen LogP contribution in [0.4, 0.5) is 0 Å². The average Bonchev–Trinajstić information content (AvgIpc) is 2.98. The largest absolute Gasteiger partial charge is 0.350 e. The molecule has 21 heavy (non-hydrogen) atoms. The van der Waals surface area contributed by atoms with E-state index < -0.39 is 9.84 Å². The Balaban J connectivity index is 0.00000220. The molecule has 1 aromatic carbocycles. The molecule has 2 N–H and O–H groups in total. The van der Waals surface area contributed by atoms with Crippen molar-refractivity contribution >= 4 is 28.2 Å². The number of hydrogen-bond donors (Lipinski definition) is 2. The van der Waals surface area contributed by atoms with Gasteiger partial charge in [-0.15, -0.1) is 12.4 Å². The number of hydrogen-bond acceptors (Lipinski definition) is 4. The molecule has 1 atom stereocenters. The third kappa shape index (κ3) is 4.43. The molecular weight excluding hydrogens is 312 g/mol. The van der Waals surface area contributed by atoms with Crippen molar-refractivity contribution in [3.63, 3.8) is 0 Å². The van der Waals surface area contributed by atoms with E-state index >= 15 is 0 Å². The summed E-state index contributed by atoms with van der Waals surface area (Å²) in [5.74, 6) is -0.340. The highest BCUT2D eigenvalue weighted by atomic mass is 35.5. The second-order valence-electron chi connectivity index (χ2n) is 4.90. The number of carbonyl (C=O) groups is 1. The second-order valence-corrected chi connectivity index (χ2v) is 7.15. The maximum absolute atomic E-state index is 12.2. The number of carbonyl (C=O) groups excluding carboxylic acids is 1. The quantitative estimate of drug-likeness (QED) is 0.854. The Morgan fingerprint density at radius 3 is 2.71 bits per heavy atom. The molecular formula is C14H21ClN2O3S. The van der Waals surface area contributed by atoms with Gasteiger partial charge in [-0.1, -0.05) is 19.1 Å². The zero-order valence-corrected chi connectivity index (χ0v) is 13.6. The number of sulfone groups is 1. The molecule has 1 heterocycles. The van der Waals surface area contributed by atoms with Crippen LogP contribution in [-0.4, -0.2) is 39.2 Å². The number of rotatable bonds is 5. The van der Waals surface area contributed by atoms with Gasteiger partial charge >= 0.3 is 0 Å². The maximum Gasteiger partial charge on any atom is 0.252 e. The summed E-state index contributed by atoms with van der Waals surface area (Å²) < 4.78 is 24.0. The van der Waals surface area contributed by atoms with Crippen molar-refractivity contribution in [2.75, 3.05) is 18.8 Å². The van der Waals surface area contributed by atoms with Crippen molar-refractivity contribution in [3.05, 3.63) is 29.8 Å². The summed E-state index contributed by atoms with van der Waals surface area (Å²) in [6.07, 6.45) is 2.15. The van der Waals surface area contributed by atoms with Crippen molar-refractivity contribution in [2.45, 2.75) is 30.7 Å². The Kier molecular flexibility index (Phi) is 6.64. The minimum atomic E-state index is -3.39. The van der Waals surface area contributed by atoms with Gasteiger partial charge in [-0.2, -0.15) is 0 Å². The first-order valence-corrected chi connectivity index (χ1v) is 8.53. The van der Waals surface area contributed by atoms with Crippen LogP contribution in [0.1, 0.15) is 30.1 Å². The molecule has 0 aromatic heterocycles. The highest BCUT2D eigenvalue weighted by Gasteiger charge is 2.21. The van der Waals surface area contributed by atoms with E-state index in [-0.39, 0.29) is 40.6 Å². The highest BCUT2D eigenvalue weighted by molar-refractivity contribution is 7.91. The third-order valence-electron chi connectivity index (χ3n) is 3.52. The molecule has 1 unspecified atom stereocenters. The Hall–Kier alpha value is -1.11. The maximum atomic E-state index is 12.2. The molecule has 0 spiro atoms. The van der Waals surface area contributed by atoms with Crippen molar-refractivity contribution < 1.29 is 13.2 Å². The first kappa shape index (κ1) is 17.9. The molecule has 0 saturated carbocycles. The van der Waals surface area contributed by atoms with Gasteiger partial charge in [0.1, 0.15) is 0 Å². The van der Waals surface area contributed by atoms with Gasteiger partial charge in [0.15, 0.2) is 9.84 Å². The van der Waals surface area contributed by atoms with Gasteiger partial charge < -0.3 is 10.6 Å². The van der Waals surface area contributed by atoms with E-state index in [0.717, 1.165) is 19.4 Å². The van der Waals surface area contributed by atoms with Crippen LogP contribution in [0.15, 0.2) is 29.2 Å². The molecule has 0 radical (unpaired) electrons. The van der Waals surface area contributed by atoms with Crippen LogP contribution in [0.5, 0.6) is 0 Å². The van der Waals surface area contributed by atoms with Crippen molar-refractivity contribution in [2.24, 2.45) is 0 Å². The molecule has 7 heteroatoms. The van der Waals surface area contributed by atoms with Gasteiger partial charge in [-0.05, 0) is 31.5 Å². The monoisotopic (exact) mass is 332 g/mol. The molecule has 1 aromatic rings. The summed E-state index contributed by atoms with van der Waals surface area (Å²) in [6, 6.07) is 6.64. The van der Waals surface area contributed by atoms with E-state index in [9.17, 15) is 13.2 Å². The summed E-state index contributed by atoms with van der Waals surface area (Å²) >= 11 is 0. The number of halogens is 1. The lowest BCUT2D eigenvalue weighted by molar-refractivity contribution is 0.0947. The van der Waals surface area contributed by atoms with E-state index in [4.69, 9.17) is 0 Å². The van der Waals surface area contributed by atoms with Crippen molar-refractivity contribution in [3.8, 4) is 0 Å². The van der Waals surface area contributed by atoms with Crippen LogP contribution in [-0.2, 0) is 9.84 Å². The lowest BCUT2D eigenvalue weighted by Crippen LogP contribution is -2.37. The number of benzene rings is 1. The summed E-state index contributed by atoms with van der Waals surface area (Å²) in [7, 11) is -3.39. The van der Waals surface area contributed by atoms with Crippen LogP contribution < -0.4 is 10.6 Å². The van der Waals surface area contributed by atoms with E-state index in [1.807, 2.05) is 0 Å². The lowest BCUT2D eigenvalue weighted by Gasteiger charge is -2.13. The molecule has 0 bridgehead atoms. The van der Waals surface area contributed by atoms with Gasteiger partial charge in [0.05, 0.1) is 16.2 Å². The fourth-order valence-corrected chi connectivity index (χ4v) is 3.42. The molecule has 118 valence electrons. The molecule has 0 aliphatic carbocycles. The molecule has 2 rings (SSSR count). The predicted octanol–water partition coefficient (Wildman–Crippen LogP) is 1.38. The minimum Gasteiger partial charge on any atom is -0.350 e. The molecule has 1 fully saturated rings. The first-order valence-electron chi connectivity index (χ1n) is 6.88. The summed E-state index contributed by atoms with van der Waals surface area (Å²) in [6.45, 7) is 3.08. The Morgan fingerprint density at radius 1 is 1.38 bits per heavy atom. The zero-order chi connectivity index (χ0) is 14.6. The summed E-state index contributed by atoms with van der Waals surface area (Å²) in [5.41, 5.74) is 0.229. The Labute approximate surface area is 131 Å². The van der Waals surface area contributed by atoms with Crippen molar-refractivity contribution in [1.82, 2.24) is 10.6 Å². The Bertz CT molecular complexity index is 584. The molecule has 5 nitrogen and oxygen atoms in total. The summed E-state index contributed by atoms with van der Waals surface area (Å²) in [4.78, 5) is 12.3. The highest BCUT2D eigenvalue weighted by Crippen LogP contribution is 2.17. The van der Waals surface area contributed by atoms with E-state index in [1.165, 1.54) is 6.07 Å². The smallest absolute Gasteiger partial charge is 0.252 e. The van der Waals surface area contributed by atoms with Gasteiger partial charge in [-0.3, -0.25) is 4.79 Å². The SMILES string of the molecule is CCS(=O)(=O)c1ccccc1C(=O)NCC1CCCN1.Cl. The number of nitrogens with one attached hydrogen (secondary N) is 2. The van der Waals surface area contributed by atoms with Crippen LogP contribution in [0.2, 0.25) is 0 Å². The molecule has 1 aliphatic rings. The van der Waals surface area contributed by atoms with Crippen LogP contribution >= 0.6 is 12.4 Å². The predicted molar refractivity (Wildman–Crippen MR) is 84.8 cm³/mol. The van der Waals surface area contributed by atoms with E-state index in [0.29, 0.717) is 6.54 Å². The Morgan fingerprint density at radius 2 is 2.10 bits per heavy atom. The fraction of sp³-hybridized carbons (Fsp3) is 0.500. The average molecular weight is 333 g/mol. The van der Waals surface area contributed by atoms with Gasteiger partial charge in [0.25, 0.3) is 5.91 Å². The van der Waals surface area contributed by atoms with Gasteiger partial charge in [-0.25, -0.2) is 8.42 Å². The van der Waals surface area contributed by atoms with Crippen LogP contribution in [0, 0.1) is 0 Å². The molecule has 1 saturated heterocycles. The molecule has 1 amide bonds. The van der Waals surface area contributed by atoms with Crippen LogP contribution in [0.25, 0.3) is 0 Å². The fourth-order valence-electron chi connectivity index (χ4n) is 2.32. The second kappa shape index (κ2) is 7.77. The lowest BCUT2D eigenvalue weighted by atomic mass is 10.2. The van der Waals surface area contributed by atoms with E-state index in [2.05, 4.69) is 10.6 Å². The van der Waals surface area contributed by atoms with Gasteiger partial charge in [0.2, 0.25) is 0 Å². The summed E-state index contributed by atoms with van der Waals surface area (Å²) in [5, 5.41) is 6.10. The minimum absolute atomic E-state index is 0. The normalized spacial score (nSPS) is 18.0. The molecule has 1 aliphatic heterocycles. The number of amides is 1. The van der Waals surface area contributed by atoms with Gasteiger partial charge in [0, 0.05) is 12.6 Å². The van der Waals surface area contributed by atoms with E-state index in [1.54, 1.807) is 25.1 Å². The van der Waals surface area contributed by atoms with Crippen molar-refractivity contribution in [1.29, 1.82) is 0 Å².